The monoisotopic (exact) mass is 396 g/mol. The maximum atomic E-state index is 6.10. The van der Waals surface area contributed by atoms with Gasteiger partial charge < -0.3 is 25.0 Å². The number of rotatable bonds is 9. The van der Waals surface area contributed by atoms with Gasteiger partial charge in [-0.15, -0.1) is 0 Å². The number of methoxy groups -OCH3 is 2. The third kappa shape index (κ3) is 7.66. The topological polar surface area (TPSA) is 58.1 Å². The summed E-state index contributed by atoms with van der Waals surface area (Å²) in [4.78, 5) is 7.20. The van der Waals surface area contributed by atoms with Crippen LogP contribution >= 0.6 is 11.6 Å². The van der Waals surface area contributed by atoms with Crippen molar-refractivity contribution in [3.8, 4) is 0 Å². The summed E-state index contributed by atoms with van der Waals surface area (Å²) in [6.07, 6.45) is 2.10. The molecule has 1 aliphatic heterocycles. The molecular weight excluding hydrogens is 364 g/mol. The lowest BCUT2D eigenvalue weighted by molar-refractivity contribution is 0.110. The fourth-order valence-electron chi connectivity index (χ4n) is 3.23. The first-order valence-corrected chi connectivity index (χ1v) is 10.1. The predicted molar refractivity (Wildman–Crippen MR) is 112 cm³/mol. The van der Waals surface area contributed by atoms with E-state index in [1.165, 1.54) is 0 Å². The number of likely N-dealkylation sites (tertiary alicyclic amines) is 1. The summed E-state index contributed by atoms with van der Waals surface area (Å²) in [5, 5.41) is 7.63. The molecule has 0 aliphatic carbocycles. The smallest absolute Gasteiger partial charge is 0.191 e. The van der Waals surface area contributed by atoms with Gasteiger partial charge in [0.25, 0.3) is 0 Å². The van der Waals surface area contributed by atoms with Crippen molar-refractivity contribution >= 4 is 17.6 Å². The number of halogens is 1. The summed E-state index contributed by atoms with van der Waals surface area (Å²) in [5.41, 5.74) is 1.04. The molecule has 0 radical (unpaired) electrons. The Morgan fingerprint density at radius 2 is 2.11 bits per heavy atom. The van der Waals surface area contributed by atoms with E-state index in [1.54, 1.807) is 14.2 Å². The van der Waals surface area contributed by atoms with E-state index in [0.29, 0.717) is 17.6 Å². The van der Waals surface area contributed by atoms with Crippen molar-refractivity contribution in [3.63, 3.8) is 0 Å². The highest BCUT2D eigenvalue weighted by Gasteiger charge is 2.20. The van der Waals surface area contributed by atoms with Crippen LogP contribution in [0.3, 0.4) is 0 Å². The van der Waals surface area contributed by atoms with Crippen LogP contribution in [0.5, 0.6) is 0 Å². The number of hydrogen-bond donors (Lipinski definition) is 2. The van der Waals surface area contributed by atoms with Gasteiger partial charge in [0.2, 0.25) is 0 Å². The van der Waals surface area contributed by atoms with Crippen LogP contribution in [-0.4, -0.2) is 70.5 Å². The zero-order valence-corrected chi connectivity index (χ0v) is 17.5. The minimum Gasteiger partial charge on any atom is -0.383 e. The molecule has 1 aromatic carbocycles. The van der Waals surface area contributed by atoms with E-state index >= 15 is 0 Å². The molecule has 1 aromatic rings. The number of piperidine rings is 1. The summed E-state index contributed by atoms with van der Waals surface area (Å²) in [6.45, 7) is 7.42. The summed E-state index contributed by atoms with van der Waals surface area (Å²) in [6, 6.07) is 8.20. The Morgan fingerprint density at radius 3 is 2.74 bits per heavy atom. The van der Waals surface area contributed by atoms with Gasteiger partial charge in [-0.1, -0.05) is 23.7 Å². The molecule has 1 saturated heterocycles. The Kier molecular flexibility index (Phi) is 9.91. The van der Waals surface area contributed by atoms with Crippen molar-refractivity contribution in [2.45, 2.75) is 31.9 Å². The first-order valence-electron chi connectivity index (χ1n) is 9.70. The fourth-order valence-corrected chi connectivity index (χ4v) is 3.43. The van der Waals surface area contributed by atoms with Crippen LogP contribution in [0.4, 0.5) is 0 Å². The molecule has 1 heterocycles. The highest BCUT2D eigenvalue weighted by atomic mass is 35.5. The van der Waals surface area contributed by atoms with Crippen LogP contribution in [0.1, 0.15) is 31.4 Å². The van der Waals surface area contributed by atoms with Crippen LogP contribution in [0.15, 0.2) is 29.3 Å². The second-order valence-corrected chi connectivity index (χ2v) is 7.19. The Bertz CT molecular complexity index is 577. The molecule has 1 fully saturated rings. The molecule has 0 bridgehead atoms. The van der Waals surface area contributed by atoms with Crippen LogP contribution in [-0.2, 0) is 9.47 Å². The van der Waals surface area contributed by atoms with Gasteiger partial charge in [0.1, 0.15) is 6.10 Å². The summed E-state index contributed by atoms with van der Waals surface area (Å²) in [7, 11) is 3.46. The van der Waals surface area contributed by atoms with Crippen LogP contribution in [0.25, 0.3) is 0 Å². The van der Waals surface area contributed by atoms with Crippen molar-refractivity contribution in [1.82, 2.24) is 15.5 Å². The fraction of sp³-hybridized carbons (Fsp3) is 0.650. The number of ether oxygens (including phenoxy) is 2. The molecule has 152 valence electrons. The SMILES string of the molecule is CCNC(=NCC(OC)c1cccc(Cl)c1)NC1CCN(CCOC)CC1. The number of hydrogen-bond acceptors (Lipinski definition) is 4. The molecule has 0 aromatic heterocycles. The number of aliphatic imine (C=N–C) groups is 1. The highest BCUT2D eigenvalue weighted by molar-refractivity contribution is 6.30. The van der Waals surface area contributed by atoms with Gasteiger partial charge in [0, 0.05) is 51.5 Å². The molecule has 0 spiro atoms. The molecule has 0 saturated carbocycles. The van der Waals surface area contributed by atoms with Crippen molar-refractivity contribution < 1.29 is 9.47 Å². The van der Waals surface area contributed by atoms with Gasteiger partial charge in [0.05, 0.1) is 13.2 Å². The highest BCUT2D eigenvalue weighted by Crippen LogP contribution is 2.20. The molecule has 27 heavy (non-hydrogen) atoms. The number of guanidine groups is 1. The Balaban J connectivity index is 1.90. The van der Waals surface area contributed by atoms with Crippen LogP contribution in [0, 0.1) is 0 Å². The normalized spacial score (nSPS) is 17.7. The summed E-state index contributed by atoms with van der Waals surface area (Å²) < 4.78 is 10.8. The molecule has 1 atom stereocenters. The first kappa shape index (κ1) is 22.0. The van der Waals surface area contributed by atoms with E-state index in [9.17, 15) is 0 Å². The minimum absolute atomic E-state index is 0.116. The Hall–Kier alpha value is -1.34. The summed E-state index contributed by atoms with van der Waals surface area (Å²) >= 11 is 6.10. The van der Waals surface area contributed by atoms with Crippen molar-refractivity contribution in [2.75, 3.05) is 53.6 Å². The summed E-state index contributed by atoms with van der Waals surface area (Å²) in [5.74, 6) is 0.844. The Labute approximate surface area is 168 Å². The number of nitrogens with one attached hydrogen (secondary N) is 2. The second kappa shape index (κ2) is 12.2. The van der Waals surface area contributed by atoms with E-state index in [2.05, 4.69) is 22.5 Å². The average molecular weight is 397 g/mol. The lowest BCUT2D eigenvalue weighted by Gasteiger charge is -2.33. The van der Waals surface area contributed by atoms with Crippen molar-refractivity contribution in [2.24, 2.45) is 4.99 Å². The van der Waals surface area contributed by atoms with Gasteiger partial charge in [-0.2, -0.15) is 0 Å². The maximum Gasteiger partial charge on any atom is 0.191 e. The minimum atomic E-state index is -0.116. The van der Waals surface area contributed by atoms with Crippen molar-refractivity contribution in [3.05, 3.63) is 34.9 Å². The predicted octanol–water partition coefficient (Wildman–Crippen LogP) is 2.69. The number of benzene rings is 1. The maximum absolute atomic E-state index is 6.10. The second-order valence-electron chi connectivity index (χ2n) is 6.75. The molecule has 2 N–H and O–H groups in total. The largest absolute Gasteiger partial charge is 0.383 e. The van der Waals surface area contributed by atoms with Gasteiger partial charge in [-0.05, 0) is 37.5 Å². The van der Waals surface area contributed by atoms with E-state index < -0.39 is 0 Å². The molecule has 7 heteroatoms. The van der Waals surface area contributed by atoms with Crippen LogP contribution < -0.4 is 10.6 Å². The molecule has 2 rings (SSSR count). The first-order chi connectivity index (χ1) is 13.2. The Morgan fingerprint density at radius 1 is 1.33 bits per heavy atom. The zero-order valence-electron chi connectivity index (χ0n) is 16.7. The standard InChI is InChI=1S/C20H33ClN4O2/c1-4-22-20(24-18-8-10-25(11-9-18)12-13-26-2)23-15-19(27-3)16-6-5-7-17(21)14-16/h5-7,14,18-19H,4,8-13,15H2,1-3H3,(H2,22,23,24). The van der Waals surface area contributed by atoms with Gasteiger partial charge in [-0.3, -0.25) is 4.99 Å². The zero-order chi connectivity index (χ0) is 19.5. The lowest BCUT2D eigenvalue weighted by Crippen LogP contribution is -2.49. The van der Waals surface area contributed by atoms with Crippen molar-refractivity contribution in [1.29, 1.82) is 0 Å². The average Bonchev–Trinajstić information content (AvgIpc) is 2.68. The van der Waals surface area contributed by atoms with E-state index in [4.69, 9.17) is 26.1 Å². The van der Waals surface area contributed by atoms with E-state index in [0.717, 1.165) is 57.2 Å². The number of nitrogens with zero attached hydrogens (tertiary/aromatic N) is 2. The molecule has 6 nitrogen and oxygen atoms in total. The molecular formula is C20H33ClN4O2. The molecule has 0 amide bonds. The van der Waals surface area contributed by atoms with E-state index in [-0.39, 0.29) is 6.10 Å². The molecule has 1 aliphatic rings. The quantitative estimate of drug-likeness (QED) is 0.496. The third-order valence-electron chi connectivity index (χ3n) is 4.80. The van der Waals surface area contributed by atoms with Gasteiger partial charge in [-0.25, -0.2) is 0 Å². The molecule has 1 unspecified atom stereocenters. The van der Waals surface area contributed by atoms with Gasteiger partial charge >= 0.3 is 0 Å². The van der Waals surface area contributed by atoms with E-state index in [1.807, 2.05) is 24.3 Å². The van der Waals surface area contributed by atoms with Crippen LogP contribution in [0.2, 0.25) is 5.02 Å². The third-order valence-corrected chi connectivity index (χ3v) is 5.04. The lowest BCUT2D eigenvalue weighted by atomic mass is 10.1. The van der Waals surface area contributed by atoms with Gasteiger partial charge in [0.15, 0.2) is 5.96 Å².